The highest BCUT2D eigenvalue weighted by molar-refractivity contribution is 5.93. The first-order chi connectivity index (χ1) is 18.5. The number of hydrogen-bond acceptors (Lipinski definition) is 9. The fourth-order valence-electron chi connectivity index (χ4n) is 4.26. The molecule has 192 valence electrons. The summed E-state index contributed by atoms with van der Waals surface area (Å²) < 4.78 is 23.4. The molecule has 0 N–H and O–H groups in total. The highest BCUT2D eigenvalue weighted by Crippen LogP contribution is 2.36. The molecule has 0 saturated heterocycles. The molecule has 0 saturated carbocycles. The molecule has 3 aromatic carbocycles. The molecule has 0 fully saturated rings. The van der Waals surface area contributed by atoms with E-state index in [-0.39, 0.29) is 34.9 Å². The first kappa shape index (κ1) is 24.5. The molecule has 11 nitrogen and oxygen atoms in total. The summed E-state index contributed by atoms with van der Waals surface area (Å²) in [6.45, 7) is -0.140. The van der Waals surface area contributed by atoms with Crippen molar-refractivity contribution in [2.75, 3.05) is 21.3 Å². The van der Waals surface area contributed by atoms with E-state index in [4.69, 9.17) is 18.7 Å². The molecule has 38 heavy (non-hydrogen) atoms. The normalized spacial score (nSPS) is 10.9. The van der Waals surface area contributed by atoms with Gasteiger partial charge in [-0.3, -0.25) is 9.36 Å². The van der Waals surface area contributed by atoms with Gasteiger partial charge in [0.2, 0.25) is 11.7 Å². The Morgan fingerprint density at radius 2 is 1.68 bits per heavy atom. The van der Waals surface area contributed by atoms with Crippen LogP contribution in [0, 0.1) is 0 Å². The van der Waals surface area contributed by atoms with Gasteiger partial charge in [0, 0.05) is 0 Å². The fraction of sp³-hybridized carbons (Fsp3) is 0.148. The third kappa shape index (κ3) is 4.09. The molecule has 0 atom stereocenters. The second-order valence-corrected chi connectivity index (χ2v) is 8.09. The molecule has 0 aliphatic heterocycles. The standard InChI is InChI=1S/C27H22N4O7/c1-35-21-14-8-11-18(23(21)36-2)24-28-22(38-29-24)15-30-19-12-6-4-9-16(19)25(32)31(27(30)34)20-13-7-5-10-17(20)26(33)37-3/h4-14H,15H2,1-3H3. The summed E-state index contributed by atoms with van der Waals surface area (Å²) in [5.74, 6) is 0.592. The Hall–Kier alpha value is -5.19. The number of fused-ring (bicyclic) bond motifs is 1. The molecule has 0 aliphatic rings. The monoisotopic (exact) mass is 514 g/mol. The maximum absolute atomic E-state index is 13.8. The van der Waals surface area contributed by atoms with Gasteiger partial charge in [0.1, 0.15) is 6.54 Å². The van der Waals surface area contributed by atoms with Crippen LogP contribution in [0.3, 0.4) is 0 Å². The van der Waals surface area contributed by atoms with Crippen molar-refractivity contribution < 1.29 is 23.5 Å². The van der Waals surface area contributed by atoms with Crippen LogP contribution < -0.4 is 20.7 Å². The number of carbonyl (C=O) groups is 1. The lowest BCUT2D eigenvalue weighted by Gasteiger charge is -2.14. The number of carbonyl (C=O) groups excluding carboxylic acids is 1. The Labute approximate surface area is 215 Å². The second-order valence-electron chi connectivity index (χ2n) is 8.09. The molecule has 5 rings (SSSR count). The van der Waals surface area contributed by atoms with Crippen LogP contribution in [0.5, 0.6) is 11.5 Å². The van der Waals surface area contributed by atoms with Gasteiger partial charge >= 0.3 is 11.7 Å². The van der Waals surface area contributed by atoms with E-state index in [2.05, 4.69) is 10.1 Å². The first-order valence-corrected chi connectivity index (χ1v) is 11.4. The Morgan fingerprint density at radius 1 is 0.921 bits per heavy atom. The third-order valence-electron chi connectivity index (χ3n) is 6.01. The Bertz CT molecular complexity index is 1780. The first-order valence-electron chi connectivity index (χ1n) is 11.4. The van der Waals surface area contributed by atoms with Crippen molar-refractivity contribution in [2.24, 2.45) is 0 Å². The van der Waals surface area contributed by atoms with Gasteiger partial charge in [0.25, 0.3) is 5.56 Å². The summed E-state index contributed by atoms with van der Waals surface area (Å²) in [5, 5.41) is 4.32. The predicted molar refractivity (Wildman–Crippen MR) is 137 cm³/mol. The average molecular weight is 514 g/mol. The lowest BCUT2D eigenvalue weighted by molar-refractivity contribution is 0.0600. The van der Waals surface area contributed by atoms with Crippen molar-refractivity contribution in [2.45, 2.75) is 6.54 Å². The van der Waals surface area contributed by atoms with Gasteiger partial charge in [-0.05, 0) is 36.4 Å². The van der Waals surface area contributed by atoms with E-state index in [1.165, 1.54) is 38.0 Å². The molecule has 11 heteroatoms. The lowest BCUT2D eigenvalue weighted by Crippen LogP contribution is -2.40. The van der Waals surface area contributed by atoms with Crippen molar-refractivity contribution in [3.8, 4) is 28.6 Å². The van der Waals surface area contributed by atoms with Crippen LogP contribution >= 0.6 is 0 Å². The zero-order valence-electron chi connectivity index (χ0n) is 20.7. The number of esters is 1. The van der Waals surface area contributed by atoms with E-state index in [1.807, 2.05) is 0 Å². The van der Waals surface area contributed by atoms with E-state index >= 15 is 0 Å². The van der Waals surface area contributed by atoms with Gasteiger partial charge in [-0.15, -0.1) is 0 Å². The number of hydrogen-bond donors (Lipinski definition) is 0. The van der Waals surface area contributed by atoms with E-state index in [1.54, 1.807) is 54.6 Å². The smallest absolute Gasteiger partial charge is 0.339 e. The minimum atomic E-state index is -0.691. The molecule has 0 spiro atoms. The van der Waals surface area contributed by atoms with E-state index in [0.29, 0.717) is 22.6 Å². The van der Waals surface area contributed by atoms with E-state index < -0.39 is 17.2 Å². The van der Waals surface area contributed by atoms with Crippen LogP contribution in [-0.2, 0) is 11.3 Å². The summed E-state index contributed by atoms with van der Waals surface area (Å²) in [5.41, 5.74) is -0.194. The van der Waals surface area contributed by atoms with Gasteiger partial charge in [-0.2, -0.15) is 4.98 Å². The van der Waals surface area contributed by atoms with E-state index in [9.17, 15) is 14.4 Å². The van der Waals surface area contributed by atoms with Crippen molar-refractivity contribution in [3.05, 3.63) is 99.0 Å². The number of methoxy groups -OCH3 is 3. The zero-order valence-corrected chi connectivity index (χ0v) is 20.7. The van der Waals surface area contributed by atoms with Crippen molar-refractivity contribution >= 4 is 16.9 Å². The maximum atomic E-state index is 13.8. The summed E-state index contributed by atoms with van der Waals surface area (Å²) >= 11 is 0. The number of nitrogens with zero attached hydrogens (tertiary/aromatic N) is 4. The molecule has 2 heterocycles. The number of rotatable bonds is 7. The molecule has 2 aromatic heterocycles. The number of ether oxygens (including phenoxy) is 3. The summed E-state index contributed by atoms with van der Waals surface area (Å²) in [7, 11) is 4.25. The number of para-hydroxylation sites is 3. The minimum absolute atomic E-state index is 0.0706. The van der Waals surface area contributed by atoms with Gasteiger partial charge in [0.05, 0.1) is 49.0 Å². The summed E-state index contributed by atoms with van der Waals surface area (Å²) in [4.78, 5) is 44.1. The second kappa shape index (κ2) is 10.1. The average Bonchev–Trinajstić information content (AvgIpc) is 3.43. The molecule has 0 bridgehead atoms. The molecule has 5 aromatic rings. The van der Waals surface area contributed by atoms with Gasteiger partial charge in [-0.25, -0.2) is 14.2 Å². The fourth-order valence-corrected chi connectivity index (χ4v) is 4.26. The number of aromatic nitrogens is 4. The van der Waals surface area contributed by atoms with Crippen LogP contribution in [0.2, 0.25) is 0 Å². The molecular formula is C27H22N4O7. The quantitative estimate of drug-likeness (QED) is 0.301. The molecule has 0 aliphatic carbocycles. The van der Waals surface area contributed by atoms with Crippen LogP contribution in [0.15, 0.2) is 80.8 Å². The van der Waals surface area contributed by atoms with Crippen molar-refractivity contribution in [1.29, 1.82) is 0 Å². The highest BCUT2D eigenvalue weighted by atomic mass is 16.5. The van der Waals surface area contributed by atoms with Gasteiger partial charge in [-0.1, -0.05) is 35.5 Å². The van der Waals surface area contributed by atoms with Crippen LogP contribution in [0.4, 0.5) is 0 Å². The highest BCUT2D eigenvalue weighted by Gasteiger charge is 2.22. The topological polar surface area (TPSA) is 128 Å². The molecule has 0 radical (unpaired) electrons. The van der Waals surface area contributed by atoms with E-state index in [0.717, 1.165) is 4.57 Å². The predicted octanol–water partition coefficient (Wildman–Crippen LogP) is 3.05. The minimum Gasteiger partial charge on any atom is -0.493 e. The zero-order chi connectivity index (χ0) is 26.8. The van der Waals surface area contributed by atoms with Crippen LogP contribution in [-0.4, -0.2) is 46.6 Å². The van der Waals surface area contributed by atoms with Crippen LogP contribution in [0.1, 0.15) is 16.2 Å². The lowest BCUT2D eigenvalue weighted by atomic mass is 10.1. The van der Waals surface area contributed by atoms with Gasteiger partial charge < -0.3 is 18.7 Å². The molecule has 0 unspecified atom stereocenters. The van der Waals surface area contributed by atoms with Crippen LogP contribution in [0.25, 0.3) is 28.0 Å². The summed E-state index contributed by atoms with van der Waals surface area (Å²) in [6.07, 6.45) is 0. The summed E-state index contributed by atoms with van der Waals surface area (Å²) in [6, 6.07) is 18.1. The van der Waals surface area contributed by atoms with Gasteiger partial charge in [0.15, 0.2) is 11.5 Å². The largest absolute Gasteiger partial charge is 0.493 e. The Morgan fingerprint density at radius 3 is 2.45 bits per heavy atom. The number of benzene rings is 3. The van der Waals surface area contributed by atoms with Crippen molar-refractivity contribution in [3.63, 3.8) is 0 Å². The maximum Gasteiger partial charge on any atom is 0.339 e. The Balaban J connectivity index is 1.67. The van der Waals surface area contributed by atoms with Crippen molar-refractivity contribution in [1.82, 2.24) is 19.3 Å². The third-order valence-corrected chi connectivity index (χ3v) is 6.01. The SMILES string of the molecule is COC(=O)c1ccccc1-n1c(=O)c2ccccc2n(Cc2nc(-c3cccc(OC)c3OC)no2)c1=O. The molecular weight excluding hydrogens is 492 g/mol. The molecule has 0 amide bonds. The Kier molecular flexibility index (Phi) is 6.48.